The Bertz CT molecular complexity index is 134. The summed E-state index contributed by atoms with van der Waals surface area (Å²) < 4.78 is 0. The van der Waals surface area contributed by atoms with E-state index < -0.39 is 5.97 Å². The molecular formula is C6H11NO2. The van der Waals surface area contributed by atoms with Gasteiger partial charge in [-0.1, -0.05) is 0 Å². The molecule has 0 saturated carbocycles. The monoisotopic (exact) mass is 129 g/mol. The van der Waals surface area contributed by atoms with Crippen molar-refractivity contribution in [1.29, 1.82) is 0 Å². The fraction of sp³-hybridized carbons (Fsp3) is 0.833. The third kappa shape index (κ3) is 1.21. The molecule has 1 atom stereocenters. The van der Waals surface area contributed by atoms with Crippen LogP contribution in [0.1, 0.15) is 20.3 Å². The van der Waals surface area contributed by atoms with E-state index in [2.05, 4.69) is 5.32 Å². The first-order valence-corrected chi connectivity index (χ1v) is 3.02. The van der Waals surface area contributed by atoms with Crippen molar-refractivity contribution < 1.29 is 9.90 Å². The molecule has 1 rings (SSSR count). The van der Waals surface area contributed by atoms with Crippen LogP contribution < -0.4 is 5.32 Å². The van der Waals surface area contributed by atoms with Crippen LogP contribution in [0.3, 0.4) is 0 Å². The van der Waals surface area contributed by atoms with Crippen LogP contribution in [-0.2, 0) is 4.79 Å². The van der Waals surface area contributed by atoms with E-state index in [0.717, 1.165) is 6.42 Å². The lowest BCUT2D eigenvalue weighted by atomic mass is 9.85. The Hall–Kier alpha value is -0.570. The number of rotatable bonds is 1. The largest absolute Gasteiger partial charge is 0.480 e. The predicted molar refractivity (Wildman–Crippen MR) is 33.3 cm³/mol. The van der Waals surface area contributed by atoms with Gasteiger partial charge in [-0.3, -0.25) is 10.1 Å². The summed E-state index contributed by atoms with van der Waals surface area (Å²) in [5.74, 6) is -0.741. The van der Waals surface area contributed by atoms with Gasteiger partial charge in [0, 0.05) is 5.54 Å². The van der Waals surface area contributed by atoms with E-state index in [1.807, 2.05) is 13.8 Å². The molecule has 0 aromatic carbocycles. The molecule has 0 unspecified atom stereocenters. The molecule has 2 N–H and O–H groups in total. The lowest BCUT2D eigenvalue weighted by Gasteiger charge is -2.41. The van der Waals surface area contributed by atoms with Crippen LogP contribution >= 0.6 is 0 Å². The maximum absolute atomic E-state index is 10.2. The highest BCUT2D eigenvalue weighted by Gasteiger charge is 2.39. The van der Waals surface area contributed by atoms with Crippen molar-refractivity contribution in [2.24, 2.45) is 0 Å². The Morgan fingerprint density at radius 3 is 2.33 bits per heavy atom. The second kappa shape index (κ2) is 1.70. The lowest BCUT2D eigenvalue weighted by molar-refractivity contribution is -0.143. The lowest BCUT2D eigenvalue weighted by Crippen LogP contribution is -2.62. The molecule has 1 aliphatic rings. The third-order valence-electron chi connectivity index (χ3n) is 1.58. The highest BCUT2D eigenvalue weighted by molar-refractivity contribution is 5.75. The Morgan fingerprint density at radius 2 is 2.22 bits per heavy atom. The minimum atomic E-state index is -0.741. The van der Waals surface area contributed by atoms with E-state index in [-0.39, 0.29) is 11.6 Å². The minimum absolute atomic E-state index is 0.0447. The topological polar surface area (TPSA) is 49.3 Å². The van der Waals surface area contributed by atoms with E-state index in [1.54, 1.807) is 0 Å². The third-order valence-corrected chi connectivity index (χ3v) is 1.58. The fourth-order valence-electron chi connectivity index (χ4n) is 1.11. The van der Waals surface area contributed by atoms with E-state index in [9.17, 15) is 4.79 Å². The Kier molecular flexibility index (Phi) is 1.24. The van der Waals surface area contributed by atoms with Gasteiger partial charge in [-0.2, -0.15) is 0 Å². The summed E-state index contributed by atoms with van der Waals surface area (Å²) in [6.07, 6.45) is 0.738. The van der Waals surface area contributed by atoms with Crippen molar-refractivity contribution in [3.05, 3.63) is 0 Å². The highest BCUT2D eigenvalue weighted by atomic mass is 16.4. The summed E-state index contributed by atoms with van der Waals surface area (Å²) in [4.78, 5) is 10.2. The quantitative estimate of drug-likeness (QED) is 0.532. The van der Waals surface area contributed by atoms with Crippen LogP contribution in [0.25, 0.3) is 0 Å². The molecule has 0 amide bonds. The second-order valence-electron chi connectivity index (χ2n) is 3.12. The van der Waals surface area contributed by atoms with Gasteiger partial charge in [0.25, 0.3) is 0 Å². The SMILES string of the molecule is CC1(C)C[C@H](C(=O)O)N1. The molecule has 52 valence electrons. The summed E-state index contributed by atoms with van der Waals surface area (Å²) in [6, 6.07) is -0.306. The number of nitrogens with one attached hydrogen (secondary N) is 1. The van der Waals surface area contributed by atoms with Crippen molar-refractivity contribution in [2.45, 2.75) is 31.8 Å². The van der Waals surface area contributed by atoms with Gasteiger partial charge in [-0.15, -0.1) is 0 Å². The molecule has 3 heteroatoms. The van der Waals surface area contributed by atoms with Crippen LogP contribution in [-0.4, -0.2) is 22.7 Å². The van der Waals surface area contributed by atoms with Gasteiger partial charge in [-0.25, -0.2) is 0 Å². The molecule has 0 aromatic rings. The number of hydrogen-bond acceptors (Lipinski definition) is 2. The standard InChI is InChI=1S/C6H11NO2/c1-6(2)3-4(7-6)5(8)9/h4,7H,3H2,1-2H3,(H,8,9)/t4-/m1/s1. The predicted octanol–water partition coefficient (Wildman–Crippen LogP) is 0.212. The molecule has 9 heavy (non-hydrogen) atoms. The summed E-state index contributed by atoms with van der Waals surface area (Å²) >= 11 is 0. The first-order valence-electron chi connectivity index (χ1n) is 3.02. The minimum Gasteiger partial charge on any atom is -0.480 e. The van der Waals surface area contributed by atoms with Gasteiger partial charge >= 0.3 is 5.97 Å². The van der Waals surface area contributed by atoms with Crippen LogP contribution in [0.15, 0.2) is 0 Å². The van der Waals surface area contributed by atoms with Crippen molar-refractivity contribution in [1.82, 2.24) is 5.32 Å². The van der Waals surface area contributed by atoms with Gasteiger partial charge in [0.1, 0.15) is 6.04 Å². The highest BCUT2D eigenvalue weighted by Crippen LogP contribution is 2.22. The molecule has 1 aliphatic heterocycles. The average Bonchev–Trinajstić information content (AvgIpc) is 1.59. The summed E-state index contributed by atoms with van der Waals surface area (Å²) in [5, 5.41) is 11.3. The van der Waals surface area contributed by atoms with Gasteiger partial charge in [-0.05, 0) is 20.3 Å². The zero-order valence-corrected chi connectivity index (χ0v) is 5.64. The van der Waals surface area contributed by atoms with Crippen molar-refractivity contribution >= 4 is 5.97 Å². The van der Waals surface area contributed by atoms with Gasteiger partial charge in [0.2, 0.25) is 0 Å². The summed E-state index contributed by atoms with van der Waals surface area (Å²) in [6.45, 7) is 3.98. The van der Waals surface area contributed by atoms with Crippen LogP contribution in [0.2, 0.25) is 0 Å². The molecule has 0 aliphatic carbocycles. The number of carboxylic acids is 1. The smallest absolute Gasteiger partial charge is 0.320 e. The Labute approximate surface area is 54.1 Å². The van der Waals surface area contributed by atoms with Gasteiger partial charge < -0.3 is 5.11 Å². The van der Waals surface area contributed by atoms with E-state index in [1.165, 1.54) is 0 Å². The molecule has 1 fully saturated rings. The normalized spacial score (nSPS) is 31.1. The fourth-order valence-corrected chi connectivity index (χ4v) is 1.11. The maximum Gasteiger partial charge on any atom is 0.320 e. The van der Waals surface area contributed by atoms with E-state index >= 15 is 0 Å². The van der Waals surface area contributed by atoms with Crippen molar-refractivity contribution in [3.63, 3.8) is 0 Å². The molecule has 0 spiro atoms. The summed E-state index contributed by atoms with van der Waals surface area (Å²) in [5.41, 5.74) is 0.0447. The van der Waals surface area contributed by atoms with Gasteiger partial charge in [0.15, 0.2) is 0 Å². The van der Waals surface area contributed by atoms with Gasteiger partial charge in [0.05, 0.1) is 0 Å². The van der Waals surface area contributed by atoms with Crippen molar-refractivity contribution in [2.75, 3.05) is 0 Å². The number of carbonyl (C=O) groups is 1. The second-order valence-corrected chi connectivity index (χ2v) is 3.12. The van der Waals surface area contributed by atoms with Crippen LogP contribution in [0.5, 0.6) is 0 Å². The number of aliphatic carboxylic acids is 1. The number of carboxylic acid groups (broad SMARTS) is 1. The Morgan fingerprint density at radius 1 is 1.78 bits per heavy atom. The van der Waals surface area contributed by atoms with E-state index in [0.29, 0.717) is 0 Å². The molecule has 0 radical (unpaired) electrons. The molecule has 0 aromatic heterocycles. The zero-order chi connectivity index (χ0) is 7.07. The first kappa shape index (κ1) is 6.55. The molecule has 1 heterocycles. The first-order chi connectivity index (χ1) is 4.01. The summed E-state index contributed by atoms with van der Waals surface area (Å²) in [7, 11) is 0. The maximum atomic E-state index is 10.2. The number of hydrogen-bond donors (Lipinski definition) is 2. The molecule has 0 bridgehead atoms. The van der Waals surface area contributed by atoms with Crippen LogP contribution in [0.4, 0.5) is 0 Å². The average molecular weight is 129 g/mol. The van der Waals surface area contributed by atoms with Crippen LogP contribution in [0, 0.1) is 0 Å². The molecule has 3 nitrogen and oxygen atoms in total. The molecular weight excluding hydrogens is 118 g/mol. The molecule has 1 saturated heterocycles. The Balaban J connectivity index is 2.35. The van der Waals surface area contributed by atoms with Crippen molar-refractivity contribution in [3.8, 4) is 0 Å². The zero-order valence-electron chi connectivity index (χ0n) is 5.64. The van der Waals surface area contributed by atoms with E-state index in [4.69, 9.17) is 5.11 Å².